The molecule has 2 N–H and O–H groups in total. The van der Waals surface area contributed by atoms with Crippen molar-refractivity contribution in [3.8, 4) is 5.75 Å². The number of hydrogen-bond donors (Lipinski definition) is 1. The fourth-order valence-corrected chi connectivity index (χ4v) is 1.48. The number of ether oxygens (including phenoxy) is 2. The third kappa shape index (κ3) is 4.75. The van der Waals surface area contributed by atoms with Crippen LogP contribution < -0.4 is 10.5 Å². The lowest BCUT2D eigenvalue weighted by atomic mass is 10.1. The van der Waals surface area contributed by atoms with Gasteiger partial charge in [-0.05, 0) is 44.9 Å². The van der Waals surface area contributed by atoms with Crippen molar-refractivity contribution < 1.29 is 14.3 Å². The van der Waals surface area contributed by atoms with Gasteiger partial charge in [-0.3, -0.25) is 4.79 Å². The summed E-state index contributed by atoms with van der Waals surface area (Å²) < 4.78 is 10.3. The molecule has 1 atom stereocenters. The normalized spacial score (nSPS) is 12.9. The maximum Gasteiger partial charge on any atom is 0.323 e. The Kier molecular flexibility index (Phi) is 4.73. The van der Waals surface area contributed by atoms with Gasteiger partial charge >= 0.3 is 5.97 Å². The van der Waals surface area contributed by atoms with Gasteiger partial charge in [0.25, 0.3) is 0 Å². The van der Waals surface area contributed by atoms with Gasteiger partial charge in [0, 0.05) is 0 Å². The number of nitrogens with two attached hydrogens (primary N) is 1. The Hall–Kier alpha value is -1.55. The highest BCUT2D eigenvalue weighted by Crippen LogP contribution is 2.14. The van der Waals surface area contributed by atoms with Crippen LogP contribution in [0.2, 0.25) is 0 Å². The third-order valence-corrected chi connectivity index (χ3v) is 2.32. The molecule has 0 aliphatic rings. The van der Waals surface area contributed by atoms with Gasteiger partial charge < -0.3 is 15.2 Å². The Morgan fingerprint density at radius 3 is 2.28 bits per heavy atom. The van der Waals surface area contributed by atoms with E-state index in [1.54, 1.807) is 7.11 Å². The first kappa shape index (κ1) is 14.5. The van der Waals surface area contributed by atoms with Gasteiger partial charge in [0.1, 0.15) is 17.4 Å². The maximum atomic E-state index is 11.7. The average molecular weight is 251 g/mol. The second-order valence-corrected chi connectivity index (χ2v) is 5.19. The number of carbonyl (C=O) groups excluding carboxylic acids is 1. The number of hydrogen-bond acceptors (Lipinski definition) is 4. The highest BCUT2D eigenvalue weighted by Gasteiger charge is 2.22. The number of methoxy groups -OCH3 is 1. The van der Waals surface area contributed by atoms with Crippen LogP contribution in [0.4, 0.5) is 0 Å². The minimum absolute atomic E-state index is 0.377. The molecule has 4 nitrogen and oxygen atoms in total. The molecule has 1 aromatic rings. The lowest BCUT2D eigenvalue weighted by molar-refractivity contribution is -0.156. The summed E-state index contributed by atoms with van der Waals surface area (Å²) in [5.74, 6) is 0.405. The molecule has 0 amide bonds. The van der Waals surface area contributed by atoms with Gasteiger partial charge in [0.05, 0.1) is 7.11 Å². The van der Waals surface area contributed by atoms with Crippen LogP contribution in [0.1, 0.15) is 26.3 Å². The van der Waals surface area contributed by atoms with Crippen LogP contribution in [0.15, 0.2) is 24.3 Å². The van der Waals surface area contributed by atoms with Gasteiger partial charge in [-0.25, -0.2) is 0 Å². The molecule has 0 saturated heterocycles. The first-order chi connectivity index (χ1) is 8.31. The smallest absolute Gasteiger partial charge is 0.323 e. The molecule has 0 heterocycles. The second-order valence-electron chi connectivity index (χ2n) is 5.19. The number of rotatable bonds is 4. The lowest BCUT2D eigenvalue weighted by Gasteiger charge is -2.22. The van der Waals surface area contributed by atoms with E-state index in [1.165, 1.54) is 0 Å². The molecule has 18 heavy (non-hydrogen) atoms. The van der Waals surface area contributed by atoms with E-state index in [2.05, 4.69) is 0 Å². The zero-order valence-corrected chi connectivity index (χ0v) is 11.4. The topological polar surface area (TPSA) is 61.5 Å². The summed E-state index contributed by atoms with van der Waals surface area (Å²) in [6.45, 7) is 5.47. The molecule has 0 aliphatic heterocycles. The summed E-state index contributed by atoms with van der Waals surface area (Å²) in [5, 5.41) is 0. The fourth-order valence-electron chi connectivity index (χ4n) is 1.48. The number of benzene rings is 1. The van der Waals surface area contributed by atoms with E-state index >= 15 is 0 Å². The van der Waals surface area contributed by atoms with E-state index in [-0.39, 0.29) is 5.97 Å². The Labute approximate surface area is 108 Å². The molecular weight excluding hydrogens is 230 g/mol. The largest absolute Gasteiger partial charge is 0.497 e. The predicted octanol–water partition coefficient (Wildman–Crippen LogP) is 1.91. The van der Waals surface area contributed by atoms with Crippen molar-refractivity contribution in [2.24, 2.45) is 5.73 Å². The SMILES string of the molecule is COc1ccc(CC(N)C(=O)OC(C)(C)C)cc1. The molecule has 0 aromatic heterocycles. The second kappa shape index (κ2) is 5.87. The molecule has 4 heteroatoms. The van der Waals surface area contributed by atoms with Crippen LogP contribution in [0.5, 0.6) is 5.75 Å². The first-order valence-electron chi connectivity index (χ1n) is 5.93. The van der Waals surface area contributed by atoms with Crippen molar-refractivity contribution in [1.29, 1.82) is 0 Å². The van der Waals surface area contributed by atoms with Gasteiger partial charge in [0.15, 0.2) is 0 Å². The van der Waals surface area contributed by atoms with Crippen LogP contribution in [-0.4, -0.2) is 24.7 Å². The van der Waals surface area contributed by atoms with Crippen molar-refractivity contribution in [3.63, 3.8) is 0 Å². The summed E-state index contributed by atoms with van der Waals surface area (Å²) in [4.78, 5) is 11.7. The number of carbonyl (C=O) groups is 1. The van der Waals surface area contributed by atoms with E-state index in [0.717, 1.165) is 11.3 Å². The summed E-state index contributed by atoms with van der Waals surface area (Å²) in [6.07, 6.45) is 0.457. The van der Waals surface area contributed by atoms with Crippen LogP contribution in [0, 0.1) is 0 Å². The van der Waals surface area contributed by atoms with E-state index < -0.39 is 11.6 Å². The average Bonchev–Trinajstić information content (AvgIpc) is 2.27. The minimum Gasteiger partial charge on any atom is -0.497 e. The van der Waals surface area contributed by atoms with Crippen LogP contribution in [0.25, 0.3) is 0 Å². The van der Waals surface area contributed by atoms with Crippen molar-refractivity contribution in [2.45, 2.75) is 38.8 Å². The fraction of sp³-hybridized carbons (Fsp3) is 0.500. The van der Waals surface area contributed by atoms with Gasteiger partial charge in [-0.1, -0.05) is 12.1 Å². The Balaban J connectivity index is 2.58. The maximum absolute atomic E-state index is 11.7. The summed E-state index contributed by atoms with van der Waals surface area (Å²) >= 11 is 0. The molecule has 0 saturated carbocycles. The monoisotopic (exact) mass is 251 g/mol. The van der Waals surface area contributed by atoms with Crippen LogP contribution in [0.3, 0.4) is 0 Å². The molecule has 0 fully saturated rings. The summed E-state index contributed by atoms with van der Waals surface area (Å²) in [6, 6.07) is 6.83. The minimum atomic E-state index is -0.641. The third-order valence-electron chi connectivity index (χ3n) is 2.32. The molecule has 1 rings (SSSR count). The van der Waals surface area contributed by atoms with Gasteiger partial charge in [-0.15, -0.1) is 0 Å². The Morgan fingerprint density at radius 2 is 1.83 bits per heavy atom. The zero-order valence-electron chi connectivity index (χ0n) is 11.4. The molecular formula is C14H21NO3. The molecule has 1 aromatic carbocycles. The van der Waals surface area contributed by atoms with E-state index in [0.29, 0.717) is 6.42 Å². The van der Waals surface area contributed by atoms with Crippen molar-refractivity contribution in [1.82, 2.24) is 0 Å². The summed E-state index contributed by atoms with van der Waals surface area (Å²) in [5.41, 5.74) is 6.30. The number of esters is 1. The molecule has 0 spiro atoms. The van der Waals surface area contributed by atoms with Crippen LogP contribution in [-0.2, 0) is 16.0 Å². The highest BCUT2D eigenvalue weighted by molar-refractivity contribution is 5.76. The van der Waals surface area contributed by atoms with Crippen molar-refractivity contribution in [2.75, 3.05) is 7.11 Å². The molecule has 0 radical (unpaired) electrons. The molecule has 1 unspecified atom stereocenters. The van der Waals surface area contributed by atoms with E-state index in [9.17, 15) is 4.79 Å². The predicted molar refractivity (Wildman–Crippen MR) is 70.5 cm³/mol. The van der Waals surface area contributed by atoms with Crippen LogP contribution >= 0.6 is 0 Å². The highest BCUT2D eigenvalue weighted by atomic mass is 16.6. The lowest BCUT2D eigenvalue weighted by Crippen LogP contribution is -2.38. The quantitative estimate of drug-likeness (QED) is 0.830. The first-order valence-corrected chi connectivity index (χ1v) is 5.93. The zero-order chi connectivity index (χ0) is 13.8. The standard InChI is InChI=1S/C14H21NO3/c1-14(2,3)18-13(16)12(15)9-10-5-7-11(17-4)8-6-10/h5-8,12H,9,15H2,1-4H3. The summed E-state index contributed by atoms with van der Waals surface area (Å²) in [7, 11) is 1.61. The van der Waals surface area contributed by atoms with Gasteiger partial charge in [0.2, 0.25) is 0 Å². The van der Waals surface area contributed by atoms with Gasteiger partial charge in [-0.2, -0.15) is 0 Å². The molecule has 0 aliphatic carbocycles. The molecule has 100 valence electrons. The Bertz CT molecular complexity index is 392. The van der Waals surface area contributed by atoms with E-state index in [1.807, 2.05) is 45.0 Å². The van der Waals surface area contributed by atoms with Crippen molar-refractivity contribution >= 4 is 5.97 Å². The van der Waals surface area contributed by atoms with Crippen molar-refractivity contribution in [3.05, 3.63) is 29.8 Å². The van der Waals surface area contributed by atoms with E-state index in [4.69, 9.17) is 15.2 Å². The Morgan fingerprint density at radius 1 is 1.28 bits per heavy atom. The molecule has 0 bridgehead atoms.